The van der Waals surface area contributed by atoms with E-state index in [1.807, 2.05) is 6.92 Å². The van der Waals surface area contributed by atoms with E-state index < -0.39 is 0 Å². The third-order valence-electron chi connectivity index (χ3n) is 5.22. The van der Waals surface area contributed by atoms with Crippen LogP contribution in [0.25, 0.3) is 0 Å². The summed E-state index contributed by atoms with van der Waals surface area (Å²) in [7, 11) is 0. The molecule has 0 radical (unpaired) electrons. The van der Waals surface area contributed by atoms with Gasteiger partial charge in [0.1, 0.15) is 6.26 Å². The van der Waals surface area contributed by atoms with Crippen LogP contribution in [0.1, 0.15) is 29.1 Å². The summed E-state index contributed by atoms with van der Waals surface area (Å²) in [4.78, 5) is 9.65. The first-order valence-electron chi connectivity index (χ1n) is 8.72. The number of rotatable bonds is 3. The Morgan fingerprint density at radius 2 is 1.87 bits per heavy atom. The van der Waals surface area contributed by atoms with E-state index in [1.54, 1.807) is 17.4 Å². The van der Waals surface area contributed by atoms with Crippen molar-refractivity contribution in [3.8, 4) is 0 Å². The third kappa shape index (κ3) is 3.33. The zero-order chi connectivity index (χ0) is 15.6. The van der Waals surface area contributed by atoms with Crippen molar-refractivity contribution in [1.29, 1.82) is 0 Å². The SMILES string of the molecule is Cc1nc(CN2CCCN(C3Cc4ccccc4C3)CC2)co1. The van der Waals surface area contributed by atoms with Crippen molar-refractivity contribution < 1.29 is 4.42 Å². The van der Waals surface area contributed by atoms with E-state index in [1.165, 1.54) is 25.8 Å². The van der Waals surface area contributed by atoms with E-state index in [0.29, 0.717) is 6.04 Å². The van der Waals surface area contributed by atoms with Gasteiger partial charge in [-0.25, -0.2) is 4.98 Å². The maximum absolute atomic E-state index is 5.33. The van der Waals surface area contributed by atoms with Crippen molar-refractivity contribution >= 4 is 0 Å². The molecule has 2 aromatic rings. The lowest BCUT2D eigenvalue weighted by Crippen LogP contribution is -2.38. The summed E-state index contributed by atoms with van der Waals surface area (Å²) in [5.41, 5.74) is 4.16. The molecule has 0 spiro atoms. The van der Waals surface area contributed by atoms with Gasteiger partial charge in [0.05, 0.1) is 5.69 Å². The number of oxazole rings is 1. The summed E-state index contributed by atoms with van der Waals surface area (Å²) in [5, 5.41) is 0. The molecule has 4 nitrogen and oxygen atoms in total. The smallest absolute Gasteiger partial charge is 0.191 e. The van der Waals surface area contributed by atoms with Crippen LogP contribution in [0, 0.1) is 6.92 Å². The van der Waals surface area contributed by atoms with Gasteiger partial charge in [-0.3, -0.25) is 9.80 Å². The summed E-state index contributed by atoms with van der Waals surface area (Å²) in [5.74, 6) is 0.764. The predicted octanol–water partition coefficient (Wildman–Crippen LogP) is 2.66. The fourth-order valence-electron chi connectivity index (χ4n) is 4.02. The Hall–Kier alpha value is -1.65. The maximum atomic E-state index is 5.33. The van der Waals surface area contributed by atoms with Crippen molar-refractivity contribution in [2.24, 2.45) is 0 Å². The molecule has 0 atom stereocenters. The Labute approximate surface area is 138 Å². The molecule has 0 N–H and O–H groups in total. The third-order valence-corrected chi connectivity index (χ3v) is 5.22. The molecule has 1 aliphatic heterocycles. The quantitative estimate of drug-likeness (QED) is 0.872. The Morgan fingerprint density at radius 1 is 1.09 bits per heavy atom. The molecule has 4 heteroatoms. The van der Waals surface area contributed by atoms with E-state index >= 15 is 0 Å². The lowest BCUT2D eigenvalue weighted by Gasteiger charge is -2.27. The zero-order valence-corrected chi connectivity index (χ0v) is 13.9. The van der Waals surface area contributed by atoms with Gasteiger partial charge in [-0.05, 0) is 43.5 Å². The molecule has 122 valence electrons. The lowest BCUT2D eigenvalue weighted by atomic mass is 10.1. The molecule has 0 bridgehead atoms. The summed E-state index contributed by atoms with van der Waals surface area (Å²) in [6, 6.07) is 9.64. The molecule has 1 aromatic carbocycles. The van der Waals surface area contributed by atoms with Gasteiger partial charge in [0.15, 0.2) is 5.89 Å². The van der Waals surface area contributed by atoms with Gasteiger partial charge in [0.25, 0.3) is 0 Å². The van der Waals surface area contributed by atoms with Crippen LogP contribution in [0.4, 0.5) is 0 Å². The second-order valence-electron chi connectivity index (χ2n) is 6.85. The molecule has 0 unspecified atom stereocenters. The van der Waals surface area contributed by atoms with Crippen LogP contribution in [0.2, 0.25) is 0 Å². The molecule has 2 aliphatic rings. The first kappa shape index (κ1) is 14.9. The highest BCUT2D eigenvalue weighted by molar-refractivity contribution is 5.33. The first-order chi connectivity index (χ1) is 11.3. The molecule has 0 amide bonds. The second-order valence-corrected chi connectivity index (χ2v) is 6.85. The van der Waals surface area contributed by atoms with Gasteiger partial charge in [-0.15, -0.1) is 0 Å². The zero-order valence-electron chi connectivity index (χ0n) is 13.9. The number of aromatic nitrogens is 1. The Balaban J connectivity index is 1.35. The summed E-state index contributed by atoms with van der Waals surface area (Å²) in [6.45, 7) is 7.48. The molecule has 4 rings (SSSR count). The monoisotopic (exact) mass is 311 g/mol. The second kappa shape index (κ2) is 6.46. The van der Waals surface area contributed by atoms with Gasteiger partial charge in [-0.2, -0.15) is 0 Å². The van der Waals surface area contributed by atoms with Crippen LogP contribution in [0.5, 0.6) is 0 Å². The molecular formula is C19H25N3O. The number of hydrogen-bond donors (Lipinski definition) is 0. The summed E-state index contributed by atoms with van der Waals surface area (Å²) < 4.78 is 5.33. The van der Waals surface area contributed by atoms with Gasteiger partial charge in [-0.1, -0.05) is 24.3 Å². The highest BCUT2D eigenvalue weighted by atomic mass is 16.3. The van der Waals surface area contributed by atoms with Gasteiger partial charge >= 0.3 is 0 Å². The Kier molecular flexibility index (Phi) is 4.19. The number of nitrogens with zero attached hydrogens (tertiary/aromatic N) is 3. The highest BCUT2D eigenvalue weighted by Gasteiger charge is 2.28. The van der Waals surface area contributed by atoms with Crippen molar-refractivity contribution in [3.63, 3.8) is 0 Å². The fourth-order valence-corrected chi connectivity index (χ4v) is 4.02. The van der Waals surface area contributed by atoms with E-state index in [-0.39, 0.29) is 0 Å². The highest BCUT2D eigenvalue weighted by Crippen LogP contribution is 2.26. The van der Waals surface area contributed by atoms with Crippen LogP contribution in [0.15, 0.2) is 34.9 Å². The molecule has 2 heterocycles. The van der Waals surface area contributed by atoms with Crippen molar-refractivity contribution in [1.82, 2.24) is 14.8 Å². The molecule has 23 heavy (non-hydrogen) atoms. The molecule has 0 saturated carbocycles. The predicted molar refractivity (Wildman–Crippen MR) is 90.3 cm³/mol. The summed E-state index contributed by atoms with van der Waals surface area (Å²) in [6.07, 6.45) is 5.48. The van der Waals surface area contributed by atoms with E-state index in [0.717, 1.165) is 37.8 Å². The van der Waals surface area contributed by atoms with Crippen molar-refractivity contribution in [2.75, 3.05) is 26.2 Å². The van der Waals surface area contributed by atoms with Crippen LogP contribution < -0.4 is 0 Å². The number of fused-ring (bicyclic) bond motifs is 1. The molecular weight excluding hydrogens is 286 g/mol. The summed E-state index contributed by atoms with van der Waals surface area (Å²) >= 11 is 0. The molecule has 1 fully saturated rings. The Bertz CT molecular complexity index is 641. The molecule has 1 saturated heterocycles. The fraction of sp³-hybridized carbons (Fsp3) is 0.526. The number of benzene rings is 1. The van der Waals surface area contributed by atoms with Gasteiger partial charge in [0, 0.05) is 32.6 Å². The normalized spacial score (nSPS) is 20.6. The van der Waals surface area contributed by atoms with E-state index in [2.05, 4.69) is 39.0 Å². The lowest BCUT2D eigenvalue weighted by molar-refractivity contribution is 0.200. The average molecular weight is 311 g/mol. The van der Waals surface area contributed by atoms with E-state index in [9.17, 15) is 0 Å². The minimum Gasteiger partial charge on any atom is -0.449 e. The van der Waals surface area contributed by atoms with Crippen molar-refractivity contribution in [3.05, 3.63) is 53.2 Å². The average Bonchev–Trinajstić information content (AvgIpc) is 3.08. The van der Waals surface area contributed by atoms with Crippen LogP contribution in [0.3, 0.4) is 0 Å². The van der Waals surface area contributed by atoms with Crippen LogP contribution in [-0.4, -0.2) is 47.0 Å². The van der Waals surface area contributed by atoms with E-state index in [4.69, 9.17) is 4.42 Å². The minimum atomic E-state index is 0.696. The van der Waals surface area contributed by atoms with Gasteiger partial charge in [0.2, 0.25) is 0 Å². The van der Waals surface area contributed by atoms with Crippen molar-refractivity contribution in [2.45, 2.75) is 38.8 Å². The minimum absolute atomic E-state index is 0.696. The molecule has 1 aliphatic carbocycles. The van der Waals surface area contributed by atoms with Crippen LogP contribution in [-0.2, 0) is 19.4 Å². The topological polar surface area (TPSA) is 32.5 Å². The largest absolute Gasteiger partial charge is 0.449 e. The number of aryl methyl sites for hydroxylation is 1. The standard InChI is InChI=1S/C19H25N3O/c1-15-20-18(14-23-15)13-21-7-4-8-22(10-9-21)19-11-16-5-2-3-6-17(16)12-19/h2-3,5-6,14,19H,4,7-13H2,1H3. The first-order valence-corrected chi connectivity index (χ1v) is 8.72. The maximum Gasteiger partial charge on any atom is 0.191 e. The number of hydrogen-bond acceptors (Lipinski definition) is 4. The Morgan fingerprint density at radius 3 is 2.57 bits per heavy atom. The molecule has 1 aromatic heterocycles. The van der Waals surface area contributed by atoms with Crippen LogP contribution >= 0.6 is 0 Å². The van der Waals surface area contributed by atoms with Gasteiger partial charge < -0.3 is 4.42 Å².